The Bertz CT molecular complexity index is 955. The number of hydrogen-bond donors (Lipinski definition) is 2. The van der Waals surface area contributed by atoms with Crippen molar-refractivity contribution in [3.05, 3.63) is 70.7 Å². The van der Waals surface area contributed by atoms with Crippen LogP contribution in [0.4, 0.5) is 0 Å². The lowest BCUT2D eigenvalue weighted by Crippen LogP contribution is -2.42. The van der Waals surface area contributed by atoms with E-state index in [1.54, 1.807) is 6.92 Å². The molecule has 27 heavy (non-hydrogen) atoms. The number of rotatable bonds is 5. The predicted octanol–water partition coefficient (Wildman–Crippen LogP) is 3.98. The lowest BCUT2D eigenvalue weighted by atomic mass is 10.2. The molecule has 0 bridgehead atoms. The summed E-state index contributed by atoms with van der Waals surface area (Å²) in [6, 6.07) is 17.6. The molecule has 3 rings (SSSR count). The van der Waals surface area contributed by atoms with Gasteiger partial charge in [-0.15, -0.1) is 23.1 Å². The van der Waals surface area contributed by atoms with E-state index in [4.69, 9.17) is 0 Å². The van der Waals surface area contributed by atoms with Crippen molar-refractivity contribution < 1.29 is 9.59 Å². The van der Waals surface area contributed by atoms with Gasteiger partial charge in [-0.3, -0.25) is 20.4 Å². The summed E-state index contributed by atoms with van der Waals surface area (Å²) in [7, 11) is 0. The molecule has 0 fully saturated rings. The molecule has 1 heterocycles. The Labute approximate surface area is 166 Å². The zero-order chi connectivity index (χ0) is 19.2. The van der Waals surface area contributed by atoms with E-state index < -0.39 is 0 Å². The summed E-state index contributed by atoms with van der Waals surface area (Å²) in [6.45, 7) is 3.78. The van der Waals surface area contributed by atoms with Crippen molar-refractivity contribution in [3.63, 3.8) is 0 Å². The van der Waals surface area contributed by atoms with Gasteiger partial charge in [-0.2, -0.15) is 0 Å². The molecule has 0 atom stereocenters. The largest absolute Gasteiger partial charge is 0.281 e. The summed E-state index contributed by atoms with van der Waals surface area (Å²) >= 11 is 2.74. The first-order valence-electron chi connectivity index (χ1n) is 8.35. The summed E-state index contributed by atoms with van der Waals surface area (Å²) in [5.74, 6) is -0.398. The van der Waals surface area contributed by atoms with Crippen LogP contribution in [0.1, 0.15) is 20.9 Å². The zero-order valence-corrected chi connectivity index (χ0v) is 16.6. The number of thiazole rings is 1. The predicted molar refractivity (Wildman–Crippen MR) is 110 cm³/mol. The highest BCUT2D eigenvalue weighted by atomic mass is 32.2. The Morgan fingerprint density at radius 2 is 1.70 bits per heavy atom. The maximum atomic E-state index is 12.4. The average molecular weight is 398 g/mol. The molecule has 2 N–H and O–H groups in total. The zero-order valence-electron chi connectivity index (χ0n) is 15.0. The Kier molecular flexibility index (Phi) is 6.26. The highest BCUT2D eigenvalue weighted by Gasteiger charge is 2.16. The second kappa shape index (κ2) is 8.83. The smallest absolute Gasteiger partial charge is 0.272 e. The Morgan fingerprint density at radius 1 is 1.00 bits per heavy atom. The van der Waals surface area contributed by atoms with Crippen molar-refractivity contribution >= 4 is 34.9 Å². The van der Waals surface area contributed by atoms with Crippen molar-refractivity contribution in [3.8, 4) is 10.6 Å². The number of thioether (sulfide) groups is 1. The molecule has 138 valence electrons. The van der Waals surface area contributed by atoms with Crippen molar-refractivity contribution in [2.75, 3.05) is 5.75 Å². The molecule has 0 saturated heterocycles. The van der Waals surface area contributed by atoms with E-state index in [-0.39, 0.29) is 17.6 Å². The molecule has 3 aromatic rings. The molecule has 1 aromatic heterocycles. The number of amides is 2. The molecule has 0 aliphatic carbocycles. The number of hydrogen-bond acceptors (Lipinski definition) is 5. The molecule has 0 unspecified atom stereocenters. The molecule has 7 heteroatoms. The van der Waals surface area contributed by atoms with Crippen molar-refractivity contribution in [1.82, 2.24) is 15.8 Å². The van der Waals surface area contributed by atoms with Gasteiger partial charge in [0.15, 0.2) is 0 Å². The Morgan fingerprint density at radius 3 is 2.44 bits per heavy atom. The third-order valence-corrected chi connectivity index (χ3v) is 6.17. The number of hydrazine groups is 1. The summed E-state index contributed by atoms with van der Waals surface area (Å²) in [5, 5.41) is 0.777. The first-order chi connectivity index (χ1) is 13.0. The fourth-order valence-corrected chi connectivity index (χ4v) is 4.19. The average Bonchev–Trinajstić information content (AvgIpc) is 3.08. The van der Waals surface area contributed by atoms with Crippen LogP contribution in [0.15, 0.2) is 59.5 Å². The fourth-order valence-electron chi connectivity index (χ4n) is 2.39. The SMILES string of the molecule is Cc1ccccc1SCC(=O)NNC(=O)c1sc(-c2ccccc2)nc1C. The number of benzene rings is 2. The quantitative estimate of drug-likeness (QED) is 0.505. The van der Waals surface area contributed by atoms with E-state index in [1.807, 2.05) is 61.5 Å². The lowest BCUT2D eigenvalue weighted by Gasteiger charge is -2.07. The van der Waals surface area contributed by atoms with Crippen LogP contribution in [0, 0.1) is 13.8 Å². The number of aromatic nitrogens is 1. The van der Waals surface area contributed by atoms with Crippen LogP contribution in [-0.2, 0) is 4.79 Å². The minimum atomic E-state index is -0.360. The molecular formula is C20H19N3O2S2. The molecule has 2 amide bonds. The molecule has 0 aliphatic rings. The minimum Gasteiger partial charge on any atom is -0.272 e. The van der Waals surface area contributed by atoms with Crippen LogP contribution in [0.25, 0.3) is 10.6 Å². The van der Waals surface area contributed by atoms with Crippen molar-refractivity contribution in [2.45, 2.75) is 18.7 Å². The number of nitrogens with zero attached hydrogens (tertiary/aromatic N) is 1. The van der Waals surface area contributed by atoms with Gasteiger partial charge in [-0.05, 0) is 25.5 Å². The number of aryl methyl sites for hydroxylation is 2. The van der Waals surface area contributed by atoms with Crippen LogP contribution in [-0.4, -0.2) is 22.6 Å². The third-order valence-electron chi connectivity index (χ3n) is 3.79. The van der Waals surface area contributed by atoms with Gasteiger partial charge in [-0.25, -0.2) is 4.98 Å². The number of carbonyl (C=O) groups excluding carboxylic acids is 2. The Hall–Kier alpha value is -2.64. The summed E-state index contributed by atoms with van der Waals surface area (Å²) in [4.78, 5) is 30.4. The lowest BCUT2D eigenvalue weighted by molar-refractivity contribution is -0.119. The van der Waals surface area contributed by atoms with Gasteiger partial charge >= 0.3 is 0 Å². The summed E-state index contributed by atoms with van der Waals surface area (Å²) in [5.41, 5.74) is 7.66. The van der Waals surface area contributed by atoms with E-state index in [9.17, 15) is 9.59 Å². The maximum absolute atomic E-state index is 12.4. The summed E-state index contributed by atoms with van der Waals surface area (Å²) < 4.78 is 0. The molecule has 0 spiro atoms. The minimum absolute atomic E-state index is 0.224. The third kappa shape index (κ3) is 4.96. The number of carbonyl (C=O) groups is 2. The van der Waals surface area contributed by atoms with Gasteiger partial charge in [0.05, 0.1) is 11.4 Å². The molecular weight excluding hydrogens is 378 g/mol. The molecule has 0 saturated carbocycles. The van der Waals surface area contributed by atoms with Crippen LogP contribution in [0.3, 0.4) is 0 Å². The summed E-state index contributed by atoms with van der Waals surface area (Å²) in [6.07, 6.45) is 0. The van der Waals surface area contributed by atoms with Crippen LogP contribution in [0.5, 0.6) is 0 Å². The van der Waals surface area contributed by atoms with Crippen LogP contribution in [0.2, 0.25) is 0 Å². The second-order valence-electron chi connectivity index (χ2n) is 5.86. The second-order valence-corrected chi connectivity index (χ2v) is 7.87. The standard InChI is InChI=1S/C20H19N3O2S2/c1-13-8-6-7-11-16(13)26-12-17(24)22-23-19(25)18-14(2)21-20(27-18)15-9-4-3-5-10-15/h3-11H,12H2,1-2H3,(H,22,24)(H,23,25). The number of nitrogens with one attached hydrogen (secondary N) is 2. The highest BCUT2D eigenvalue weighted by molar-refractivity contribution is 8.00. The van der Waals surface area contributed by atoms with E-state index >= 15 is 0 Å². The molecule has 5 nitrogen and oxygen atoms in total. The highest BCUT2D eigenvalue weighted by Crippen LogP contribution is 2.27. The molecule has 0 radical (unpaired) electrons. The van der Waals surface area contributed by atoms with E-state index in [2.05, 4.69) is 15.8 Å². The maximum Gasteiger partial charge on any atom is 0.281 e. The van der Waals surface area contributed by atoms with E-state index in [0.29, 0.717) is 10.6 Å². The van der Waals surface area contributed by atoms with Gasteiger partial charge in [0.25, 0.3) is 5.91 Å². The Balaban J connectivity index is 1.55. The fraction of sp³-hybridized carbons (Fsp3) is 0.150. The van der Waals surface area contributed by atoms with Gasteiger partial charge < -0.3 is 0 Å². The van der Waals surface area contributed by atoms with E-state index in [1.165, 1.54) is 23.1 Å². The molecule has 2 aromatic carbocycles. The topological polar surface area (TPSA) is 71.1 Å². The van der Waals surface area contributed by atoms with Crippen LogP contribution < -0.4 is 10.9 Å². The monoisotopic (exact) mass is 397 g/mol. The van der Waals surface area contributed by atoms with Gasteiger partial charge in [0, 0.05) is 10.5 Å². The van der Waals surface area contributed by atoms with Crippen molar-refractivity contribution in [2.24, 2.45) is 0 Å². The first-order valence-corrected chi connectivity index (χ1v) is 10.2. The van der Waals surface area contributed by atoms with Gasteiger partial charge in [-0.1, -0.05) is 48.5 Å². The van der Waals surface area contributed by atoms with Gasteiger partial charge in [0.2, 0.25) is 5.91 Å². The molecule has 0 aliphatic heterocycles. The first kappa shape index (κ1) is 19.1. The van der Waals surface area contributed by atoms with Crippen LogP contribution >= 0.6 is 23.1 Å². The van der Waals surface area contributed by atoms with Gasteiger partial charge in [0.1, 0.15) is 9.88 Å². The van der Waals surface area contributed by atoms with Crippen molar-refractivity contribution in [1.29, 1.82) is 0 Å². The van der Waals surface area contributed by atoms with E-state index in [0.717, 1.165) is 21.0 Å². The normalized spacial score (nSPS) is 10.4.